The molecule has 7 nitrogen and oxygen atoms in total. The average molecular weight is 495 g/mol. The molecule has 3 aliphatic heterocycles. The van der Waals surface area contributed by atoms with E-state index in [1.165, 1.54) is 12.8 Å². The molecule has 35 heavy (non-hydrogen) atoms. The van der Waals surface area contributed by atoms with Gasteiger partial charge in [-0.15, -0.1) is 0 Å². The van der Waals surface area contributed by atoms with Gasteiger partial charge in [-0.2, -0.15) is 0 Å². The van der Waals surface area contributed by atoms with E-state index in [1.54, 1.807) is 0 Å². The van der Waals surface area contributed by atoms with Crippen LogP contribution in [0.5, 0.6) is 0 Å². The molecule has 0 radical (unpaired) electrons. The van der Waals surface area contributed by atoms with Crippen molar-refractivity contribution in [1.82, 2.24) is 0 Å². The SMILES string of the molecule is CCCC1OC1CCCCCOC(=O)C1CC2OC2CC1C(=O)OCCCCCC1OC1CCC. The van der Waals surface area contributed by atoms with Gasteiger partial charge in [0.15, 0.2) is 0 Å². The van der Waals surface area contributed by atoms with Crippen molar-refractivity contribution in [1.29, 1.82) is 0 Å². The monoisotopic (exact) mass is 494 g/mol. The molecule has 8 unspecified atom stereocenters. The Labute approximate surface area is 210 Å². The quantitative estimate of drug-likeness (QED) is 0.148. The third kappa shape index (κ3) is 8.43. The summed E-state index contributed by atoms with van der Waals surface area (Å²) in [7, 11) is 0. The van der Waals surface area contributed by atoms with E-state index in [4.69, 9.17) is 23.7 Å². The van der Waals surface area contributed by atoms with Crippen LogP contribution in [0.2, 0.25) is 0 Å². The normalized spacial score (nSPS) is 34.7. The lowest BCUT2D eigenvalue weighted by molar-refractivity contribution is -0.162. The summed E-state index contributed by atoms with van der Waals surface area (Å²) in [6.07, 6.45) is 16.0. The number of carbonyl (C=O) groups excluding carboxylic acids is 2. The number of fused-ring (bicyclic) bond motifs is 1. The van der Waals surface area contributed by atoms with Crippen molar-refractivity contribution in [2.45, 2.75) is 140 Å². The maximum absolute atomic E-state index is 12.8. The van der Waals surface area contributed by atoms with Gasteiger partial charge in [-0.05, 0) is 64.2 Å². The lowest BCUT2D eigenvalue weighted by Gasteiger charge is -2.26. The maximum atomic E-state index is 12.8. The van der Waals surface area contributed by atoms with E-state index >= 15 is 0 Å². The number of hydrogen-bond donors (Lipinski definition) is 0. The molecule has 0 aromatic carbocycles. The molecule has 0 bridgehead atoms. The predicted molar refractivity (Wildman–Crippen MR) is 131 cm³/mol. The molecule has 1 saturated carbocycles. The van der Waals surface area contributed by atoms with Crippen molar-refractivity contribution in [3.05, 3.63) is 0 Å². The minimum atomic E-state index is -0.441. The summed E-state index contributed by atoms with van der Waals surface area (Å²) in [6, 6.07) is 0. The summed E-state index contributed by atoms with van der Waals surface area (Å²) in [4.78, 5) is 25.6. The molecule has 4 rings (SSSR count). The van der Waals surface area contributed by atoms with Crippen LogP contribution in [0.15, 0.2) is 0 Å². The van der Waals surface area contributed by atoms with Gasteiger partial charge in [0.25, 0.3) is 0 Å². The first-order valence-electron chi connectivity index (χ1n) is 14.4. The van der Waals surface area contributed by atoms with E-state index in [9.17, 15) is 9.59 Å². The number of epoxide rings is 3. The van der Waals surface area contributed by atoms with Crippen LogP contribution in [0, 0.1) is 11.8 Å². The Hall–Kier alpha value is -1.18. The van der Waals surface area contributed by atoms with E-state index in [0.29, 0.717) is 50.5 Å². The molecule has 0 aromatic rings. The number of esters is 2. The van der Waals surface area contributed by atoms with Crippen molar-refractivity contribution in [2.75, 3.05) is 13.2 Å². The van der Waals surface area contributed by atoms with Gasteiger partial charge < -0.3 is 23.7 Å². The highest BCUT2D eigenvalue weighted by Crippen LogP contribution is 2.44. The van der Waals surface area contributed by atoms with Crippen molar-refractivity contribution < 1.29 is 33.3 Å². The molecule has 200 valence electrons. The Kier molecular flexibility index (Phi) is 10.3. The van der Waals surface area contributed by atoms with Crippen molar-refractivity contribution in [3.8, 4) is 0 Å². The van der Waals surface area contributed by atoms with Crippen LogP contribution < -0.4 is 0 Å². The summed E-state index contributed by atoms with van der Waals surface area (Å²) in [5, 5.41) is 0. The molecule has 8 atom stereocenters. The number of ether oxygens (including phenoxy) is 5. The van der Waals surface area contributed by atoms with Crippen molar-refractivity contribution >= 4 is 11.9 Å². The van der Waals surface area contributed by atoms with E-state index in [0.717, 1.165) is 64.2 Å². The van der Waals surface area contributed by atoms with Gasteiger partial charge in [-0.1, -0.05) is 39.5 Å². The Morgan fingerprint density at radius 1 is 0.600 bits per heavy atom. The highest BCUT2D eigenvalue weighted by atomic mass is 16.6. The van der Waals surface area contributed by atoms with Gasteiger partial charge in [0, 0.05) is 0 Å². The van der Waals surface area contributed by atoms with Crippen molar-refractivity contribution in [2.24, 2.45) is 11.8 Å². The van der Waals surface area contributed by atoms with Crippen LogP contribution in [0.3, 0.4) is 0 Å². The van der Waals surface area contributed by atoms with E-state index in [-0.39, 0.29) is 24.1 Å². The van der Waals surface area contributed by atoms with Gasteiger partial charge in [0.2, 0.25) is 0 Å². The van der Waals surface area contributed by atoms with Crippen LogP contribution in [0.4, 0.5) is 0 Å². The summed E-state index contributed by atoms with van der Waals surface area (Å²) in [6.45, 7) is 5.21. The fraction of sp³-hybridized carbons (Fsp3) is 0.929. The second kappa shape index (κ2) is 13.4. The molecule has 7 heteroatoms. The molecule has 0 aromatic heterocycles. The standard InChI is InChI=1S/C28H46O7/c1-3-11-21-23(33-21)13-7-5-9-15-31-27(29)19-17-25-26(35-25)18-20(19)28(30)32-16-10-6-8-14-24-22(34-24)12-4-2/h19-26H,3-18H2,1-2H3. The molecule has 3 heterocycles. The van der Waals surface area contributed by atoms with E-state index in [1.807, 2.05) is 0 Å². The zero-order valence-corrected chi connectivity index (χ0v) is 21.8. The van der Waals surface area contributed by atoms with Crippen LogP contribution in [-0.2, 0) is 33.3 Å². The fourth-order valence-corrected chi connectivity index (χ4v) is 5.70. The minimum Gasteiger partial charge on any atom is -0.465 e. The van der Waals surface area contributed by atoms with Gasteiger partial charge in [0.05, 0.1) is 61.7 Å². The fourth-order valence-electron chi connectivity index (χ4n) is 5.70. The first-order valence-corrected chi connectivity index (χ1v) is 14.4. The molecule has 0 N–H and O–H groups in total. The molecular weight excluding hydrogens is 448 g/mol. The minimum absolute atomic E-state index is 0.104. The number of unbranched alkanes of at least 4 members (excludes halogenated alkanes) is 4. The topological polar surface area (TPSA) is 90.2 Å². The second-order valence-corrected chi connectivity index (χ2v) is 10.9. The first-order chi connectivity index (χ1) is 17.1. The molecule has 3 saturated heterocycles. The van der Waals surface area contributed by atoms with Crippen LogP contribution >= 0.6 is 0 Å². The second-order valence-electron chi connectivity index (χ2n) is 10.9. The molecule has 4 aliphatic rings. The smallest absolute Gasteiger partial charge is 0.309 e. The van der Waals surface area contributed by atoms with Gasteiger partial charge in [-0.25, -0.2) is 0 Å². The summed E-state index contributed by atoms with van der Waals surface area (Å²) in [5.41, 5.74) is 0. The highest BCUT2D eigenvalue weighted by molar-refractivity contribution is 5.82. The average Bonchev–Trinajstić information content (AvgIpc) is 3.75. The Morgan fingerprint density at radius 2 is 1.03 bits per heavy atom. The van der Waals surface area contributed by atoms with Crippen molar-refractivity contribution in [3.63, 3.8) is 0 Å². The van der Waals surface area contributed by atoms with Gasteiger partial charge >= 0.3 is 11.9 Å². The molecule has 0 amide bonds. The molecule has 4 fully saturated rings. The van der Waals surface area contributed by atoms with E-state index < -0.39 is 11.8 Å². The van der Waals surface area contributed by atoms with E-state index in [2.05, 4.69) is 13.8 Å². The Bertz CT molecular complexity index is 626. The Morgan fingerprint density at radius 3 is 1.46 bits per heavy atom. The number of hydrogen-bond acceptors (Lipinski definition) is 7. The largest absolute Gasteiger partial charge is 0.465 e. The lowest BCUT2D eigenvalue weighted by Crippen LogP contribution is -2.37. The van der Waals surface area contributed by atoms with Crippen LogP contribution in [0.1, 0.15) is 104 Å². The molecular formula is C28H46O7. The summed E-state index contributed by atoms with van der Waals surface area (Å²) >= 11 is 0. The molecule has 0 spiro atoms. The zero-order valence-electron chi connectivity index (χ0n) is 21.8. The third-order valence-corrected chi connectivity index (χ3v) is 8.03. The first kappa shape index (κ1) is 26.9. The summed E-state index contributed by atoms with van der Waals surface area (Å²) in [5.74, 6) is -1.41. The van der Waals surface area contributed by atoms with Gasteiger partial charge in [-0.3, -0.25) is 9.59 Å². The number of carbonyl (C=O) groups is 2. The van der Waals surface area contributed by atoms with Crippen LogP contribution in [0.25, 0.3) is 0 Å². The Balaban J connectivity index is 1.06. The van der Waals surface area contributed by atoms with Gasteiger partial charge in [0.1, 0.15) is 0 Å². The molecule has 1 aliphatic carbocycles. The predicted octanol–water partition coefficient (Wildman–Crippen LogP) is 5.12. The number of rotatable bonds is 18. The summed E-state index contributed by atoms with van der Waals surface area (Å²) < 4.78 is 28.1. The lowest BCUT2D eigenvalue weighted by atomic mass is 9.79. The third-order valence-electron chi connectivity index (χ3n) is 8.03. The highest BCUT2D eigenvalue weighted by Gasteiger charge is 2.53. The zero-order chi connectivity index (χ0) is 24.6. The van der Waals surface area contributed by atoms with Crippen LogP contribution in [-0.4, -0.2) is 61.8 Å². The maximum Gasteiger partial charge on any atom is 0.309 e.